The van der Waals surface area contributed by atoms with E-state index in [1.54, 1.807) is 6.20 Å². The number of pyridine rings is 1. The van der Waals surface area contributed by atoms with Gasteiger partial charge in [-0.1, -0.05) is 24.3 Å². The van der Waals surface area contributed by atoms with Crippen LogP contribution in [0.2, 0.25) is 0 Å². The van der Waals surface area contributed by atoms with E-state index in [-0.39, 0.29) is 11.9 Å². The lowest BCUT2D eigenvalue weighted by molar-refractivity contribution is -0.129. The molecular formula is C15H17N3O. The summed E-state index contributed by atoms with van der Waals surface area (Å²) >= 11 is 0. The zero-order valence-corrected chi connectivity index (χ0v) is 11.0. The summed E-state index contributed by atoms with van der Waals surface area (Å²) in [5.74, 6) is 0.190. The number of hydrogen-bond acceptors (Lipinski definition) is 3. The van der Waals surface area contributed by atoms with Gasteiger partial charge >= 0.3 is 0 Å². The van der Waals surface area contributed by atoms with Gasteiger partial charge in [-0.3, -0.25) is 9.78 Å². The molecule has 19 heavy (non-hydrogen) atoms. The number of hydrogen-bond donors (Lipinski definition) is 1. The second-order valence-electron chi connectivity index (χ2n) is 4.88. The Morgan fingerprint density at radius 2 is 2.21 bits per heavy atom. The number of aromatic nitrogens is 1. The maximum absolute atomic E-state index is 12.1. The molecule has 1 unspecified atom stereocenters. The summed E-state index contributed by atoms with van der Waals surface area (Å²) in [5.41, 5.74) is 2.11. The molecule has 0 spiro atoms. The fraction of sp³-hybridized carbons (Fsp3) is 0.333. The highest BCUT2D eigenvalue weighted by atomic mass is 16.2. The van der Waals surface area contributed by atoms with Gasteiger partial charge in [-0.15, -0.1) is 0 Å². The van der Waals surface area contributed by atoms with Gasteiger partial charge in [-0.05, 0) is 25.1 Å². The first-order valence-electron chi connectivity index (χ1n) is 6.58. The number of benzene rings is 1. The monoisotopic (exact) mass is 255 g/mol. The zero-order chi connectivity index (χ0) is 13.2. The minimum absolute atomic E-state index is 0.0251. The van der Waals surface area contributed by atoms with Crippen molar-refractivity contribution in [2.24, 2.45) is 0 Å². The highest BCUT2D eigenvalue weighted by Gasteiger charge is 2.30. The Bertz CT molecular complexity index is 606. The molecule has 1 aromatic carbocycles. The van der Waals surface area contributed by atoms with Gasteiger partial charge in [-0.25, -0.2) is 0 Å². The summed E-state index contributed by atoms with van der Waals surface area (Å²) in [6, 6.07) is 10.1. The Labute approximate surface area is 112 Å². The average Bonchev–Trinajstić information content (AvgIpc) is 2.80. The van der Waals surface area contributed by atoms with Gasteiger partial charge < -0.3 is 10.2 Å². The third-order valence-electron chi connectivity index (χ3n) is 3.72. The average molecular weight is 255 g/mol. The van der Waals surface area contributed by atoms with Crippen LogP contribution in [-0.2, 0) is 11.3 Å². The Morgan fingerprint density at radius 3 is 3.00 bits per heavy atom. The van der Waals surface area contributed by atoms with E-state index in [4.69, 9.17) is 0 Å². The molecule has 1 aliphatic heterocycles. The fourth-order valence-corrected chi connectivity index (χ4v) is 2.66. The lowest BCUT2D eigenvalue weighted by Crippen LogP contribution is -2.35. The number of amides is 1. The van der Waals surface area contributed by atoms with E-state index in [2.05, 4.69) is 16.4 Å². The van der Waals surface area contributed by atoms with E-state index in [9.17, 15) is 4.79 Å². The third kappa shape index (κ3) is 2.19. The van der Waals surface area contributed by atoms with E-state index in [0.29, 0.717) is 6.54 Å². The largest absolute Gasteiger partial charge is 0.337 e. The van der Waals surface area contributed by atoms with Crippen LogP contribution in [0, 0.1) is 0 Å². The number of likely N-dealkylation sites (N-methyl/N-ethyl adjacent to an activating group) is 1. The molecule has 2 aromatic rings. The van der Waals surface area contributed by atoms with E-state index in [1.165, 1.54) is 0 Å². The molecule has 98 valence electrons. The molecule has 2 heterocycles. The fourth-order valence-electron chi connectivity index (χ4n) is 2.66. The Morgan fingerprint density at radius 1 is 1.37 bits per heavy atom. The summed E-state index contributed by atoms with van der Waals surface area (Å²) in [5, 5.41) is 4.18. The minimum atomic E-state index is -0.0251. The van der Waals surface area contributed by atoms with Crippen LogP contribution in [0.1, 0.15) is 12.0 Å². The van der Waals surface area contributed by atoms with Crippen molar-refractivity contribution in [3.05, 3.63) is 42.1 Å². The van der Waals surface area contributed by atoms with E-state index >= 15 is 0 Å². The quantitative estimate of drug-likeness (QED) is 0.905. The normalized spacial score (nSPS) is 19.3. The summed E-state index contributed by atoms with van der Waals surface area (Å²) in [7, 11) is 1.84. The predicted octanol–water partition coefficient (Wildman–Crippen LogP) is 1.56. The van der Waals surface area contributed by atoms with Crippen LogP contribution in [0.3, 0.4) is 0 Å². The van der Waals surface area contributed by atoms with Crippen molar-refractivity contribution in [2.45, 2.75) is 19.0 Å². The van der Waals surface area contributed by atoms with E-state index in [0.717, 1.165) is 29.4 Å². The molecule has 0 radical (unpaired) electrons. The van der Waals surface area contributed by atoms with Gasteiger partial charge in [0.05, 0.1) is 11.6 Å². The molecule has 3 rings (SSSR count). The molecule has 0 aliphatic carbocycles. The molecule has 4 heteroatoms. The Kier molecular flexibility index (Phi) is 3.17. The summed E-state index contributed by atoms with van der Waals surface area (Å²) in [6.07, 6.45) is 2.68. The number of nitrogens with one attached hydrogen (secondary N) is 1. The van der Waals surface area contributed by atoms with Crippen LogP contribution < -0.4 is 5.32 Å². The smallest absolute Gasteiger partial charge is 0.240 e. The maximum atomic E-state index is 12.1. The number of para-hydroxylation sites is 1. The van der Waals surface area contributed by atoms with Crippen LogP contribution in [0.5, 0.6) is 0 Å². The third-order valence-corrected chi connectivity index (χ3v) is 3.72. The molecule has 1 aromatic heterocycles. The topological polar surface area (TPSA) is 45.2 Å². The van der Waals surface area contributed by atoms with Crippen molar-refractivity contribution in [3.8, 4) is 0 Å². The first-order chi connectivity index (χ1) is 9.29. The first kappa shape index (κ1) is 12.1. The molecule has 0 saturated carbocycles. The summed E-state index contributed by atoms with van der Waals surface area (Å²) in [6.45, 7) is 1.46. The van der Waals surface area contributed by atoms with Crippen LogP contribution >= 0.6 is 0 Å². The van der Waals surface area contributed by atoms with Gasteiger partial charge in [-0.2, -0.15) is 0 Å². The number of carbonyl (C=O) groups is 1. The van der Waals surface area contributed by atoms with Crippen molar-refractivity contribution in [3.63, 3.8) is 0 Å². The molecule has 0 bridgehead atoms. The number of nitrogens with zero attached hydrogens (tertiary/aromatic N) is 2. The Balaban J connectivity index is 1.88. The first-order valence-corrected chi connectivity index (χ1v) is 6.58. The zero-order valence-electron chi connectivity index (χ0n) is 11.0. The highest BCUT2D eigenvalue weighted by molar-refractivity contribution is 5.85. The molecule has 4 nitrogen and oxygen atoms in total. The standard InChI is InChI=1S/C15H17N3O/c1-16-13-7-9-18(15(13)19)10-12-5-2-4-11-6-3-8-17-14(11)12/h2-6,8,13,16H,7,9-10H2,1H3. The van der Waals surface area contributed by atoms with Gasteiger partial charge in [0.25, 0.3) is 0 Å². The lowest BCUT2D eigenvalue weighted by Gasteiger charge is -2.17. The summed E-state index contributed by atoms with van der Waals surface area (Å²) < 4.78 is 0. The lowest BCUT2D eigenvalue weighted by atomic mass is 10.1. The molecule has 1 saturated heterocycles. The molecule has 1 amide bonds. The second-order valence-corrected chi connectivity index (χ2v) is 4.88. The van der Waals surface area contributed by atoms with Crippen LogP contribution in [0.15, 0.2) is 36.5 Å². The number of carbonyl (C=O) groups excluding carboxylic acids is 1. The van der Waals surface area contributed by atoms with Crippen LogP contribution in [0.4, 0.5) is 0 Å². The van der Waals surface area contributed by atoms with Gasteiger partial charge in [0, 0.05) is 24.7 Å². The van der Waals surface area contributed by atoms with Gasteiger partial charge in [0.1, 0.15) is 0 Å². The van der Waals surface area contributed by atoms with Crippen LogP contribution in [-0.4, -0.2) is 35.4 Å². The number of fused-ring (bicyclic) bond motifs is 1. The van der Waals surface area contributed by atoms with Crippen LogP contribution in [0.25, 0.3) is 10.9 Å². The van der Waals surface area contributed by atoms with Crippen molar-refractivity contribution >= 4 is 16.8 Å². The Hall–Kier alpha value is -1.94. The minimum Gasteiger partial charge on any atom is -0.337 e. The highest BCUT2D eigenvalue weighted by Crippen LogP contribution is 2.20. The molecule has 1 N–H and O–H groups in total. The van der Waals surface area contributed by atoms with E-state index in [1.807, 2.05) is 36.2 Å². The SMILES string of the molecule is CNC1CCN(Cc2cccc3cccnc23)C1=O. The predicted molar refractivity (Wildman–Crippen MR) is 74.6 cm³/mol. The number of rotatable bonds is 3. The second kappa shape index (κ2) is 4.97. The molecule has 1 fully saturated rings. The molecular weight excluding hydrogens is 238 g/mol. The van der Waals surface area contributed by atoms with E-state index < -0.39 is 0 Å². The molecule has 1 atom stereocenters. The van der Waals surface area contributed by atoms with Gasteiger partial charge in [0.15, 0.2) is 0 Å². The number of likely N-dealkylation sites (tertiary alicyclic amines) is 1. The molecule has 1 aliphatic rings. The summed E-state index contributed by atoms with van der Waals surface area (Å²) in [4.78, 5) is 18.5. The maximum Gasteiger partial charge on any atom is 0.240 e. The van der Waals surface area contributed by atoms with Gasteiger partial charge in [0.2, 0.25) is 5.91 Å². The van der Waals surface area contributed by atoms with Crippen molar-refractivity contribution in [1.82, 2.24) is 15.2 Å². The van der Waals surface area contributed by atoms with Crippen molar-refractivity contribution in [1.29, 1.82) is 0 Å². The van der Waals surface area contributed by atoms with Crippen molar-refractivity contribution in [2.75, 3.05) is 13.6 Å². The van der Waals surface area contributed by atoms with Crippen molar-refractivity contribution < 1.29 is 4.79 Å².